The van der Waals surface area contributed by atoms with Crippen LogP contribution in [-0.2, 0) is 5.41 Å². The Balaban J connectivity index is 2.26. The third-order valence-electron chi connectivity index (χ3n) is 5.31. The first-order chi connectivity index (χ1) is 9.31. The summed E-state index contributed by atoms with van der Waals surface area (Å²) in [4.78, 5) is 12.8. The van der Waals surface area contributed by atoms with Gasteiger partial charge in [-0.2, -0.15) is 5.26 Å². The van der Waals surface area contributed by atoms with Crippen molar-refractivity contribution >= 4 is 5.78 Å². The summed E-state index contributed by atoms with van der Waals surface area (Å²) in [5, 5.41) is 9.02. The lowest BCUT2D eigenvalue weighted by molar-refractivity contribution is 0.0500. The molecular formula is C17H18FNO. The highest BCUT2D eigenvalue weighted by Gasteiger charge is 2.56. The maximum Gasteiger partial charge on any atom is 0.167 e. The summed E-state index contributed by atoms with van der Waals surface area (Å²) in [6.07, 6.45) is 3.00. The highest BCUT2D eigenvalue weighted by Crippen LogP contribution is 2.58. The highest BCUT2D eigenvalue weighted by atomic mass is 19.1. The van der Waals surface area contributed by atoms with E-state index in [-0.39, 0.29) is 28.1 Å². The lowest BCUT2D eigenvalue weighted by Crippen LogP contribution is -2.44. The average Bonchev–Trinajstić information content (AvgIpc) is 2.57. The molecule has 104 valence electrons. The molecule has 1 fully saturated rings. The van der Waals surface area contributed by atoms with E-state index in [0.29, 0.717) is 5.56 Å². The van der Waals surface area contributed by atoms with Gasteiger partial charge < -0.3 is 0 Å². The molecule has 0 aliphatic heterocycles. The molecule has 3 rings (SSSR count). The maximum atomic E-state index is 13.8. The molecule has 1 saturated carbocycles. The molecule has 0 bridgehead atoms. The zero-order valence-corrected chi connectivity index (χ0v) is 12.1. The monoisotopic (exact) mass is 271 g/mol. The van der Waals surface area contributed by atoms with Crippen LogP contribution in [0, 0.1) is 28.5 Å². The van der Waals surface area contributed by atoms with Crippen LogP contribution in [0.5, 0.6) is 0 Å². The standard InChI is InChI=1S/C17H18FNO/c1-16(2)5-4-6-17(3)12-7-10(9-19)13(18)8-11(12)14(20)15(16)17/h7-8,15H,4-6H2,1-3H3/t15-,17-/m0/s1. The predicted molar refractivity (Wildman–Crippen MR) is 73.9 cm³/mol. The van der Waals surface area contributed by atoms with Gasteiger partial charge in [-0.3, -0.25) is 4.79 Å². The van der Waals surface area contributed by atoms with E-state index in [2.05, 4.69) is 20.8 Å². The van der Waals surface area contributed by atoms with Crippen LogP contribution < -0.4 is 0 Å². The van der Waals surface area contributed by atoms with Gasteiger partial charge in [-0.25, -0.2) is 4.39 Å². The second-order valence-electron chi connectivity index (χ2n) is 7.05. The zero-order chi connectivity index (χ0) is 14.7. The van der Waals surface area contributed by atoms with E-state index >= 15 is 0 Å². The van der Waals surface area contributed by atoms with Gasteiger partial charge in [0, 0.05) is 16.9 Å². The lowest BCUT2D eigenvalue weighted by atomic mass is 9.56. The van der Waals surface area contributed by atoms with Crippen molar-refractivity contribution in [3.63, 3.8) is 0 Å². The van der Waals surface area contributed by atoms with Gasteiger partial charge >= 0.3 is 0 Å². The van der Waals surface area contributed by atoms with Gasteiger partial charge in [-0.1, -0.05) is 27.2 Å². The normalized spacial score (nSPS) is 30.6. The van der Waals surface area contributed by atoms with Crippen LogP contribution in [0.2, 0.25) is 0 Å². The quantitative estimate of drug-likeness (QED) is 0.716. The fourth-order valence-corrected chi connectivity index (χ4v) is 4.49. The van der Waals surface area contributed by atoms with Crippen LogP contribution in [0.25, 0.3) is 0 Å². The molecule has 1 aromatic carbocycles. The molecule has 20 heavy (non-hydrogen) atoms. The molecule has 2 aliphatic carbocycles. The smallest absolute Gasteiger partial charge is 0.167 e. The molecule has 0 unspecified atom stereocenters. The summed E-state index contributed by atoms with van der Waals surface area (Å²) in [5.41, 5.74) is 1.07. The predicted octanol–water partition coefficient (Wildman–Crippen LogP) is 3.98. The molecule has 0 aromatic heterocycles. The molecule has 2 aliphatic rings. The largest absolute Gasteiger partial charge is 0.294 e. The molecule has 2 atom stereocenters. The molecule has 2 nitrogen and oxygen atoms in total. The number of carbonyl (C=O) groups excluding carboxylic acids is 1. The van der Waals surface area contributed by atoms with E-state index in [0.717, 1.165) is 24.8 Å². The number of nitrogens with zero attached hydrogens (tertiary/aromatic N) is 1. The van der Waals surface area contributed by atoms with Crippen molar-refractivity contribution in [3.05, 3.63) is 34.6 Å². The summed E-state index contributed by atoms with van der Waals surface area (Å²) >= 11 is 0. The third-order valence-corrected chi connectivity index (χ3v) is 5.31. The molecule has 0 radical (unpaired) electrons. The molecule has 1 aromatic rings. The van der Waals surface area contributed by atoms with Gasteiger partial charge in [0.15, 0.2) is 5.78 Å². The number of carbonyl (C=O) groups is 1. The number of Topliss-reactive ketones (excluding diaryl/α,β-unsaturated/α-hetero) is 1. The number of hydrogen-bond acceptors (Lipinski definition) is 2. The average molecular weight is 271 g/mol. The summed E-state index contributed by atoms with van der Waals surface area (Å²) < 4.78 is 13.8. The Hall–Kier alpha value is -1.69. The van der Waals surface area contributed by atoms with Gasteiger partial charge in [-0.15, -0.1) is 0 Å². The van der Waals surface area contributed by atoms with Crippen molar-refractivity contribution in [1.29, 1.82) is 5.26 Å². The number of benzene rings is 1. The second-order valence-corrected chi connectivity index (χ2v) is 7.05. The topological polar surface area (TPSA) is 40.9 Å². The molecule has 0 heterocycles. The Bertz CT molecular complexity index is 656. The Morgan fingerprint density at radius 3 is 2.65 bits per heavy atom. The first kappa shape index (κ1) is 13.3. The highest BCUT2D eigenvalue weighted by molar-refractivity contribution is 6.04. The molecule has 0 amide bonds. The minimum Gasteiger partial charge on any atom is -0.294 e. The van der Waals surface area contributed by atoms with Crippen molar-refractivity contribution in [2.75, 3.05) is 0 Å². The van der Waals surface area contributed by atoms with Crippen LogP contribution >= 0.6 is 0 Å². The number of rotatable bonds is 0. The van der Waals surface area contributed by atoms with Crippen LogP contribution in [0.1, 0.15) is 61.5 Å². The number of fused-ring (bicyclic) bond motifs is 3. The zero-order valence-electron chi connectivity index (χ0n) is 12.1. The number of halogens is 1. The molecule has 0 saturated heterocycles. The van der Waals surface area contributed by atoms with Gasteiger partial charge in [-0.05, 0) is 36.0 Å². The van der Waals surface area contributed by atoms with Crippen molar-refractivity contribution in [1.82, 2.24) is 0 Å². The SMILES string of the molecule is CC1(C)CCC[C@@]2(C)c3cc(C#N)c(F)cc3C(=O)[C@@H]12. The van der Waals surface area contributed by atoms with Crippen molar-refractivity contribution in [3.8, 4) is 6.07 Å². The Morgan fingerprint density at radius 1 is 1.30 bits per heavy atom. The first-order valence-electron chi connectivity index (χ1n) is 7.09. The van der Waals surface area contributed by atoms with E-state index in [1.807, 2.05) is 6.07 Å². The van der Waals surface area contributed by atoms with Gasteiger partial charge in [0.25, 0.3) is 0 Å². The fraction of sp³-hybridized carbons (Fsp3) is 0.529. The maximum absolute atomic E-state index is 13.8. The second kappa shape index (κ2) is 3.91. The van der Waals surface area contributed by atoms with E-state index in [1.165, 1.54) is 6.07 Å². The number of nitriles is 1. The van der Waals surface area contributed by atoms with Gasteiger partial charge in [0.2, 0.25) is 0 Å². The van der Waals surface area contributed by atoms with Crippen molar-refractivity contribution < 1.29 is 9.18 Å². The van der Waals surface area contributed by atoms with E-state index in [1.54, 1.807) is 6.07 Å². The van der Waals surface area contributed by atoms with Crippen LogP contribution in [0.15, 0.2) is 12.1 Å². The number of hydrogen-bond donors (Lipinski definition) is 0. The van der Waals surface area contributed by atoms with Gasteiger partial charge in [0.1, 0.15) is 11.9 Å². The first-order valence-corrected chi connectivity index (χ1v) is 7.09. The van der Waals surface area contributed by atoms with Gasteiger partial charge in [0.05, 0.1) is 5.56 Å². The van der Waals surface area contributed by atoms with E-state index in [4.69, 9.17) is 5.26 Å². The van der Waals surface area contributed by atoms with Crippen LogP contribution in [-0.4, -0.2) is 5.78 Å². The van der Waals surface area contributed by atoms with Crippen LogP contribution in [0.3, 0.4) is 0 Å². The molecular weight excluding hydrogens is 253 g/mol. The summed E-state index contributed by atoms with van der Waals surface area (Å²) in [7, 11) is 0. The molecule has 0 N–H and O–H groups in total. The van der Waals surface area contributed by atoms with Crippen molar-refractivity contribution in [2.45, 2.75) is 45.4 Å². The summed E-state index contributed by atoms with van der Waals surface area (Å²) in [5.74, 6) is -0.637. The third kappa shape index (κ3) is 1.51. The Morgan fingerprint density at radius 2 is 2.00 bits per heavy atom. The Labute approximate surface area is 118 Å². The summed E-state index contributed by atoms with van der Waals surface area (Å²) in [6.45, 7) is 6.35. The fourth-order valence-electron chi connectivity index (χ4n) is 4.49. The van der Waals surface area contributed by atoms with Crippen molar-refractivity contribution in [2.24, 2.45) is 11.3 Å². The molecule has 3 heteroatoms. The molecule has 0 spiro atoms. The van der Waals surface area contributed by atoms with Crippen LogP contribution in [0.4, 0.5) is 4.39 Å². The minimum atomic E-state index is -0.584. The lowest BCUT2D eigenvalue weighted by Gasteiger charge is -2.46. The Kier molecular flexibility index (Phi) is 2.60. The van der Waals surface area contributed by atoms with E-state index < -0.39 is 5.82 Å². The minimum absolute atomic E-state index is 0.0433. The number of ketones is 1. The summed E-state index contributed by atoms with van der Waals surface area (Å²) in [6, 6.07) is 4.76. The van der Waals surface area contributed by atoms with E-state index in [9.17, 15) is 9.18 Å².